The summed E-state index contributed by atoms with van der Waals surface area (Å²) >= 11 is 6.14. The van der Waals surface area contributed by atoms with Gasteiger partial charge in [0.05, 0.1) is 0 Å². The maximum atomic E-state index is 12.3. The highest BCUT2D eigenvalue weighted by atomic mass is 35.5. The van der Waals surface area contributed by atoms with Gasteiger partial charge in [0.25, 0.3) is 0 Å². The van der Waals surface area contributed by atoms with Crippen LogP contribution in [0.25, 0.3) is 6.08 Å². The molecule has 0 saturated heterocycles. The lowest BCUT2D eigenvalue weighted by molar-refractivity contribution is -0.129. The van der Waals surface area contributed by atoms with Crippen molar-refractivity contribution in [2.24, 2.45) is 4.99 Å². The van der Waals surface area contributed by atoms with Crippen LogP contribution in [0.4, 0.5) is 0 Å². The van der Waals surface area contributed by atoms with Crippen molar-refractivity contribution in [2.75, 3.05) is 13.2 Å². The molecule has 3 aromatic carbocycles. The number of carbonyl (C=O) groups is 1. The Hall–Kier alpha value is -3.57. The first-order valence-electron chi connectivity index (χ1n) is 9.37. The molecule has 0 atom stereocenters. The van der Waals surface area contributed by atoms with Crippen LogP contribution < -0.4 is 9.47 Å². The van der Waals surface area contributed by atoms with E-state index >= 15 is 0 Å². The summed E-state index contributed by atoms with van der Waals surface area (Å²) in [6.45, 7) is 0.705. The molecule has 1 aliphatic rings. The highest BCUT2D eigenvalue weighted by molar-refractivity contribution is 6.30. The molecule has 1 aliphatic heterocycles. The van der Waals surface area contributed by atoms with E-state index in [-0.39, 0.29) is 11.6 Å². The molecule has 1 heterocycles. The number of rotatable bonds is 7. The third kappa shape index (κ3) is 4.88. The molecule has 4 rings (SSSR count). The van der Waals surface area contributed by atoms with E-state index in [1.807, 2.05) is 60.7 Å². The maximum Gasteiger partial charge on any atom is 0.363 e. The predicted molar refractivity (Wildman–Crippen MR) is 116 cm³/mol. The molecule has 0 aliphatic carbocycles. The van der Waals surface area contributed by atoms with Crippen molar-refractivity contribution in [1.29, 1.82) is 0 Å². The number of halogens is 1. The molecule has 0 bridgehead atoms. The zero-order chi connectivity index (χ0) is 20.8. The lowest BCUT2D eigenvalue weighted by Crippen LogP contribution is -2.09. The molecule has 0 saturated carbocycles. The van der Waals surface area contributed by atoms with Gasteiger partial charge < -0.3 is 14.2 Å². The molecule has 0 spiro atoms. The zero-order valence-corrected chi connectivity index (χ0v) is 16.7. The van der Waals surface area contributed by atoms with Crippen molar-refractivity contribution in [2.45, 2.75) is 0 Å². The standard InChI is InChI=1S/C24H18ClNO4/c25-19-11-12-22(29-14-13-28-20-9-5-2-6-10-20)18(15-19)16-21-24(27)30-23(26-21)17-7-3-1-4-8-17/h1-12,15-16H,13-14H2. The Bertz CT molecular complexity index is 1090. The Morgan fingerprint density at radius 2 is 1.60 bits per heavy atom. The Morgan fingerprint density at radius 3 is 2.37 bits per heavy atom. The highest BCUT2D eigenvalue weighted by Crippen LogP contribution is 2.27. The molecule has 150 valence electrons. The molecule has 0 unspecified atom stereocenters. The fourth-order valence-corrected chi connectivity index (χ4v) is 3.03. The minimum absolute atomic E-state index is 0.182. The topological polar surface area (TPSA) is 57.1 Å². The van der Waals surface area contributed by atoms with E-state index in [1.54, 1.807) is 24.3 Å². The average molecular weight is 420 g/mol. The van der Waals surface area contributed by atoms with Gasteiger partial charge in [-0.25, -0.2) is 9.79 Å². The Labute approximate surface area is 179 Å². The fourth-order valence-electron chi connectivity index (χ4n) is 2.85. The molecule has 6 heteroatoms. The summed E-state index contributed by atoms with van der Waals surface area (Å²) in [5, 5.41) is 0.522. The summed E-state index contributed by atoms with van der Waals surface area (Å²) in [6.07, 6.45) is 1.61. The van der Waals surface area contributed by atoms with Crippen molar-refractivity contribution in [1.82, 2.24) is 0 Å². The number of benzene rings is 3. The summed E-state index contributed by atoms with van der Waals surface area (Å²) < 4.78 is 16.8. The lowest BCUT2D eigenvalue weighted by atomic mass is 10.1. The summed E-state index contributed by atoms with van der Waals surface area (Å²) in [6, 6.07) is 23.9. The second-order valence-corrected chi connectivity index (χ2v) is 6.83. The molecule has 0 fully saturated rings. The van der Waals surface area contributed by atoms with Gasteiger partial charge in [0.1, 0.15) is 24.7 Å². The quantitative estimate of drug-likeness (QED) is 0.302. The largest absolute Gasteiger partial charge is 0.490 e. The number of esters is 1. The van der Waals surface area contributed by atoms with E-state index in [9.17, 15) is 4.79 Å². The third-order valence-electron chi connectivity index (χ3n) is 4.26. The monoisotopic (exact) mass is 419 g/mol. The smallest absolute Gasteiger partial charge is 0.363 e. The van der Waals surface area contributed by atoms with Crippen LogP contribution in [0.15, 0.2) is 89.6 Å². The van der Waals surface area contributed by atoms with Crippen LogP contribution >= 0.6 is 11.6 Å². The highest BCUT2D eigenvalue weighted by Gasteiger charge is 2.24. The van der Waals surface area contributed by atoms with Crippen molar-refractivity contribution in [3.63, 3.8) is 0 Å². The summed E-state index contributed by atoms with van der Waals surface area (Å²) in [4.78, 5) is 16.6. The second-order valence-electron chi connectivity index (χ2n) is 6.39. The Kier molecular flexibility index (Phi) is 6.11. The average Bonchev–Trinajstić information content (AvgIpc) is 3.14. The normalized spacial score (nSPS) is 14.4. The van der Waals surface area contributed by atoms with Gasteiger partial charge in [0, 0.05) is 16.1 Å². The SMILES string of the molecule is O=C1OC(c2ccccc2)=NC1=Cc1cc(Cl)ccc1OCCOc1ccccc1. The van der Waals surface area contributed by atoms with Crippen LogP contribution in [0.5, 0.6) is 11.5 Å². The van der Waals surface area contributed by atoms with Crippen LogP contribution in [0.1, 0.15) is 11.1 Å². The molecular formula is C24H18ClNO4. The number of carbonyl (C=O) groups excluding carboxylic acids is 1. The van der Waals surface area contributed by atoms with Gasteiger partial charge in [-0.2, -0.15) is 0 Å². The minimum Gasteiger partial charge on any atom is -0.490 e. The van der Waals surface area contributed by atoms with Crippen LogP contribution in [0, 0.1) is 0 Å². The number of hydrogen-bond donors (Lipinski definition) is 0. The van der Waals surface area contributed by atoms with E-state index in [0.717, 1.165) is 11.3 Å². The van der Waals surface area contributed by atoms with Gasteiger partial charge in [0.15, 0.2) is 5.70 Å². The van der Waals surface area contributed by atoms with Crippen molar-refractivity contribution in [3.05, 3.63) is 101 Å². The molecule has 0 radical (unpaired) electrons. The molecule has 0 aromatic heterocycles. The van der Waals surface area contributed by atoms with Crippen LogP contribution in [-0.4, -0.2) is 25.1 Å². The number of nitrogens with zero attached hydrogens (tertiary/aromatic N) is 1. The lowest BCUT2D eigenvalue weighted by Gasteiger charge is -2.11. The first-order valence-corrected chi connectivity index (χ1v) is 9.75. The van der Waals surface area contributed by atoms with Crippen LogP contribution in [0.2, 0.25) is 5.02 Å². The third-order valence-corrected chi connectivity index (χ3v) is 4.49. The van der Waals surface area contributed by atoms with E-state index in [1.165, 1.54) is 0 Å². The molecule has 5 nitrogen and oxygen atoms in total. The second kappa shape index (κ2) is 9.29. The van der Waals surface area contributed by atoms with E-state index in [2.05, 4.69) is 4.99 Å². The van der Waals surface area contributed by atoms with Gasteiger partial charge in [0.2, 0.25) is 5.90 Å². The summed E-state index contributed by atoms with van der Waals surface area (Å²) in [5.74, 6) is 1.09. The summed E-state index contributed by atoms with van der Waals surface area (Å²) in [7, 11) is 0. The molecule has 0 amide bonds. The van der Waals surface area contributed by atoms with Crippen molar-refractivity contribution in [3.8, 4) is 11.5 Å². The Morgan fingerprint density at radius 1 is 0.900 bits per heavy atom. The number of hydrogen-bond acceptors (Lipinski definition) is 5. The van der Waals surface area contributed by atoms with Gasteiger partial charge in [-0.05, 0) is 48.5 Å². The van der Waals surface area contributed by atoms with Gasteiger partial charge in [-0.1, -0.05) is 48.0 Å². The summed E-state index contributed by atoms with van der Waals surface area (Å²) in [5.41, 5.74) is 1.55. The van der Waals surface area contributed by atoms with Gasteiger partial charge in [-0.15, -0.1) is 0 Å². The first kappa shape index (κ1) is 19.7. The van der Waals surface area contributed by atoms with Gasteiger partial charge in [-0.3, -0.25) is 0 Å². The molecule has 0 N–H and O–H groups in total. The fraction of sp³-hybridized carbons (Fsp3) is 0.0833. The van der Waals surface area contributed by atoms with Crippen molar-refractivity contribution < 1.29 is 19.0 Å². The predicted octanol–water partition coefficient (Wildman–Crippen LogP) is 5.14. The number of para-hydroxylation sites is 1. The zero-order valence-electron chi connectivity index (χ0n) is 16.0. The number of cyclic esters (lactones) is 1. The van der Waals surface area contributed by atoms with E-state index in [0.29, 0.717) is 29.5 Å². The Balaban J connectivity index is 1.49. The van der Waals surface area contributed by atoms with E-state index < -0.39 is 5.97 Å². The van der Waals surface area contributed by atoms with Crippen molar-refractivity contribution >= 4 is 29.5 Å². The van der Waals surface area contributed by atoms with Gasteiger partial charge >= 0.3 is 5.97 Å². The van der Waals surface area contributed by atoms with Crippen LogP contribution in [-0.2, 0) is 9.53 Å². The van der Waals surface area contributed by atoms with Crippen LogP contribution in [0.3, 0.4) is 0 Å². The first-order chi connectivity index (χ1) is 14.7. The van der Waals surface area contributed by atoms with E-state index in [4.69, 9.17) is 25.8 Å². The number of aliphatic imine (C=N–C) groups is 1. The molecule has 3 aromatic rings. The molecular weight excluding hydrogens is 402 g/mol. The molecule has 30 heavy (non-hydrogen) atoms. The number of ether oxygens (including phenoxy) is 3. The minimum atomic E-state index is -0.521. The maximum absolute atomic E-state index is 12.3.